The summed E-state index contributed by atoms with van der Waals surface area (Å²) < 4.78 is 5.32. The summed E-state index contributed by atoms with van der Waals surface area (Å²) in [4.78, 5) is 1.94. The summed E-state index contributed by atoms with van der Waals surface area (Å²) in [6.45, 7) is 3.34. The minimum atomic E-state index is -0.768. The smallest absolute Gasteiger partial charge is 0.129 e. The molecule has 0 radical (unpaired) electrons. The maximum absolute atomic E-state index is 10.0. The average molecular weight is 242 g/mol. The zero-order chi connectivity index (χ0) is 12.9. The molecule has 0 saturated heterocycles. The van der Waals surface area contributed by atoms with Crippen molar-refractivity contribution in [1.29, 1.82) is 0 Å². The Balaban J connectivity index is 2.31. The maximum atomic E-state index is 10.0. The molecule has 1 aromatic heterocycles. The van der Waals surface area contributed by atoms with Crippen molar-refractivity contribution < 1.29 is 14.6 Å². The summed E-state index contributed by atoms with van der Waals surface area (Å²) >= 11 is 0. The average Bonchev–Trinajstić information content (AvgIpc) is 2.63. The third-order valence-corrected chi connectivity index (χ3v) is 2.34. The first-order chi connectivity index (χ1) is 7.93. The number of nitrogens with zero attached hydrogens (tertiary/aromatic N) is 1. The number of likely N-dealkylation sites (N-methyl/N-ethyl adjacent to an activating group) is 1. The molecule has 1 rings (SSSR count). The van der Waals surface area contributed by atoms with E-state index in [2.05, 4.69) is 5.32 Å². The lowest BCUT2D eigenvalue weighted by atomic mass is 10.1. The van der Waals surface area contributed by atoms with Gasteiger partial charge in [-0.2, -0.15) is 0 Å². The van der Waals surface area contributed by atoms with E-state index in [1.54, 1.807) is 13.0 Å². The minimum Gasteiger partial charge on any atom is -0.462 e. The first kappa shape index (κ1) is 14.2. The van der Waals surface area contributed by atoms with Gasteiger partial charge in [0.2, 0.25) is 0 Å². The Morgan fingerprint density at radius 2 is 2.00 bits per heavy atom. The Morgan fingerprint density at radius 1 is 1.35 bits per heavy atom. The molecule has 17 heavy (non-hydrogen) atoms. The summed E-state index contributed by atoms with van der Waals surface area (Å²) in [5.41, 5.74) is -0.768. The van der Waals surface area contributed by atoms with Crippen LogP contribution in [-0.2, 0) is 13.2 Å². The fourth-order valence-electron chi connectivity index (χ4n) is 1.79. The predicted molar refractivity (Wildman–Crippen MR) is 65.5 cm³/mol. The van der Waals surface area contributed by atoms with Crippen molar-refractivity contribution in [3.05, 3.63) is 23.7 Å². The topological polar surface area (TPSA) is 68.9 Å². The molecule has 0 spiro atoms. The van der Waals surface area contributed by atoms with Crippen molar-refractivity contribution >= 4 is 0 Å². The summed E-state index contributed by atoms with van der Waals surface area (Å²) in [7, 11) is 3.85. The van der Waals surface area contributed by atoms with E-state index in [0.717, 1.165) is 5.76 Å². The second-order valence-corrected chi connectivity index (χ2v) is 4.86. The predicted octanol–water partition coefficient (Wildman–Crippen LogP) is 0.174. The van der Waals surface area contributed by atoms with Crippen LogP contribution in [0, 0.1) is 0 Å². The summed E-state index contributed by atoms with van der Waals surface area (Å²) in [6.07, 6.45) is 0. The van der Waals surface area contributed by atoms with E-state index in [0.29, 0.717) is 25.4 Å². The highest BCUT2D eigenvalue weighted by Gasteiger charge is 2.20. The molecule has 0 aliphatic heterocycles. The highest BCUT2D eigenvalue weighted by atomic mass is 16.4. The fourth-order valence-corrected chi connectivity index (χ4v) is 1.79. The van der Waals surface area contributed by atoms with Crippen molar-refractivity contribution in [3.63, 3.8) is 0 Å². The third kappa shape index (κ3) is 5.32. The van der Waals surface area contributed by atoms with E-state index in [4.69, 9.17) is 9.52 Å². The highest BCUT2D eigenvalue weighted by Crippen LogP contribution is 2.08. The number of aliphatic hydroxyl groups excluding tert-OH is 1. The minimum absolute atomic E-state index is 0.0850. The van der Waals surface area contributed by atoms with Gasteiger partial charge in [-0.25, -0.2) is 0 Å². The zero-order valence-electron chi connectivity index (χ0n) is 10.7. The fraction of sp³-hybridized carbons (Fsp3) is 0.667. The molecule has 0 aliphatic rings. The zero-order valence-corrected chi connectivity index (χ0v) is 10.7. The van der Waals surface area contributed by atoms with Crippen LogP contribution in [0.25, 0.3) is 0 Å². The van der Waals surface area contributed by atoms with Gasteiger partial charge in [-0.15, -0.1) is 0 Å². The Hall–Kier alpha value is -0.880. The summed E-state index contributed by atoms with van der Waals surface area (Å²) in [6, 6.07) is 3.56. The van der Waals surface area contributed by atoms with Crippen LogP contribution in [-0.4, -0.2) is 47.9 Å². The number of nitrogens with one attached hydrogen (secondary N) is 1. The highest BCUT2D eigenvalue weighted by molar-refractivity contribution is 5.06. The molecular weight excluding hydrogens is 220 g/mol. The molecule has 0 amide bonds. The van der Waals surface area contributed by atoms with Crippen LogP contribution in [0.4, 0.5) is 0 Å². The van der Waals surface area contributed by atoms with Gasteiger partial charge in [-0.3, -0.25) is 0 Å². The van der Waals surface area contributed by atoms with Crippen molar-refractivity contribution in [2.45, 2.75) is 25.7 Å². The molecule has 98 valence electrons. The van der Waals surface area contributed by atoms with Gasteiger partial charge in [-0.1, -0.05) is 0 Å². The van der Waals surface area contributed by atoms with Gasteiger partial charge >= 0.3 is 0 Å². The van der Waals surface area contributed by atoms with Gasteiger partial charge in [-0.05, 0) is 33.2 Å². The van der Waals surface area contributed by atoms with E-state index in [1.807, 2.05) is 25.1 Å². The summed E-state index contributed by atoms with van der Waals surface area (Å²) in [5.74, 6) is 1.32. The molecular formula is C12H22N2O3. The SMILES string of the molecule is CN(C)CC(C)(O)CNCc1ccc(CO)o1. The van der Waals surface area contributed by atoms with Crippen molar-refractivity contribution in [3.8, 4) is 0 Å². The largest absolute Gasteiger partial charge is 0.462 e. The number of rotatable bonds is 7. The maximum Gasteiger partial charge on any atom is 0.129 e. The van der Waals surface area contributed by atoms with Gasteiger partial charge in [0.1, 0.15) is 18.1 Å². The van der Waals surface area contributed by atoms with Crippen molar-refractivity contribution in [2.24, 2.45) is 0 Å². The van der Waals surface area contributed by atoms with Crippen LogP contribution in [0.1, 0.15) is 18.4 Å². The van der Waals surface area contributed by atoms with Gasteiger partial charge in [0.15, 0.2) is 0 Å². The van der Waals surface area contributed by atoms with Gasteiger partial charge < -0.3 is 24.8 Å². The Kier molecular flexibility index (Phi) is 5.14. The number of aliphatic hydroxyl groups is 2. The quantitative estimate of drug-likeness (QED) is 0.636. The second kappa shape index (κ2) is 6.16. The lowest BCUT2D eigenvalue weighted by Crippen LogP contribution is -2.45. The number of hydrogen-bond donors (Lipinski definition) is 3. The van der Waals surface area contributed by atoms with E-state index in [1.165, 1.54) is 0 Å². The molecule has 1 atom stereocenters. The van der Waals surface area contributed by atoms with Crippen LogP contribution in [0.2, 0.25) is 0 Å². The van der Waals surface area contributed by atoms with E-state index < -0.39 is 5.60 Å². The molecule has 0 fully saturated rings. The molecule has 0 bridgehead atoms. The Bertz CT molecular complexity index is 334. The van der Waals surface area contributed by atoms with E-state index in [9.17, 15) is 5.11 Å². The Morgan fingerprint density at radius 3 is 2.53 bits per heavy atom. The molecule has 1 unspecified atom stereocenters. The van der Waals surface area contributed by atoms with Crippen LogP contribution in [0.5, 0.6) is 0 Å². The molecule has 3 N–H and O–H groups in total. The molecule has 0 aromatic carbocycles. The van der Waals surface area contributed by atoms with Crippen molar-refractivity contribution in [1.82, 2.24) is 10.2 Å². The van der Waals surface area contributed by atoms with Gasteiger partial charge in [0.25, 0.3) is 0 Å². The normalized spacial score (nSPS) is 15.2. The molecule has 5 heteroatoms. The van der Waals surface area contributed by atoms with Gasteiger partial charge in [0.05, 0.1) is 12.1 Å². The molecule has 5 nitrogen and oxygen atoms in total. The van der Waals surface area contributed by atoms with E-state index >= 15 is 0 Å². The first-order valence-electron chi connectivity index (χ1n) is 5.69. The lowest BCUT2D eigenvalue weighted by molar-refractivity contribution is 0.0332. The lowest BCUT2D eigenvalue weighted by Gasteiger charge is -2.27. The van der Waals surface area contributed by atoms with E-state index in [-0.39, 0.29) is 6.61 Å². The Labute approximate surface area is 102 Å². The molecule has 0 saturated carbocycles. The third-order valence-electron chi connectivity index (χ3n) is 2.34. The molecule has 1 aromatic rings. The second-order valence-electron chi connectivity index (χ2n) is 4.86. The van der Waals surface area contributed by atoms with Crippen LogP contribution in [0.15, 0.2) is 16.5 Å². The van der Waals surface area contributed by atoms with Crippen molar-refractivity contribution in [2.75, 3.05) is 27.2 Å². The summed E-state index contributed by atoms with van der Waals surface area (Å²) in [5, 5.41) is 22.0. The number of hydrogen-bond acceptors (Lipinski definition) is 5. The molecule has 0 aliphatic carbocycles. The monoisotopic (exact) mass is 242 g/mol. The molecule has 1 heterocycles. The van der Waals surface area contributed by atoms with Crippen LogP contribution < -0.4 is 5.32 Å². The van der Waals surface area contributed by atoms with Crippen LogP contribution in [0.3, 0.4) is 0 Å². The number of furan rings is 1. The standard InChI is InChI=1S/C12H22N2O3/c1-12(16,9-14(2)3)8-13-6-10-4-5-11(7-15)17-10/h4-5,13,15-16H,6-9H2,1-3H3. The first-order valence-corrected chi connectivity index (χ1v) is 5.69. The van der Waals surface area contributed by atoms with Crippen LogP contribution >= 0.6 is 0 Å². The van der Waals surface area contributed by atoms with Gasteiger partial charge in [0, 0.05) is 13.1 Å².